The number of fused-ring (bicyclic) bond motifs is 3. The Labute approximate surface area is 145 Å². The highest BCUT2D eigenvalue weighted by Crippen LogP contribution is 2.45. The van der Waals surface area contributed by atoms with Crippen molar-refractivity contribution in [1.82, 2.24) is 0 Å². The number of carbonyl (C=O) groups excluding carboxylic acids is 1. The Bertz CT molecular complexity index is 856. The molecule has 2 aromatic carbocycles. The second kappa shape index (κ2) is 6.00. The molecular weight excluding hydrogens is 324 g/mol. The molecular formula is C18H20N2O5. The van der Waals surface area contributed by atoms with Gasteiger partial charge in [-0.05, 0) is 37.8 Å². The largest absolute Gasteiger partial charge is 0.443 e. The number of ether oxygens (including phenoxy) is 1. The quantitative estimate of drug-likeness (QED) is 0.664. The molecule has 0 radical (unpaired) electrons. The summed E-state index contributed by atoms with van der Waals surface area (Å²) in [6.07, 6.45) is -0.575. The number of aliphatic hydroxyl groups excluding tert-OH is 1. The van der Waals surface area contributed by atoms with Crippen molar-refractivity contribution in [2.24, 2.45) is 0 Å². The second-order valence-electron chi connectivity index (χ2n) is 7.10. The monoisotopic (exact) mass is 344 g/mol. The van der Waals surface area contributed by atoms with Gasteiger partial charge < -0.3 is 9.84 Å². The maximum absolute atomic E-state index is 12.6. The smallest absolute Gasteiger partial charge is 0.414 e. The molecule has 0 bridgehead atoms. The van der Waals surface area contributed by atoms with E-state index < -0.39 is 16.6 Å². The number of benzene rings is 2. The van der Waals surface area contributed by atoms with Gasteiger partial charge in [-0.3, -0.25) is 15.0 Å². The van der Waals surface area contributed by atoms with Crippen LogP contribution in [0, 0.1) is 10.1 Å². The van der Waals surface area contributed by atoms with Crippen LogP contribution in [0.15, 0.2) is 30.3 Å². The van der Waals surface area contributed by atoms with Gasteiger partial charge in [-0.25, -0.2) is 4.79 Å². The number of anilines is 1. The van der Waals surface area contributed by atoms with Gasteiger partial charge in [0.05, 0.1) is 22.6 Å². The average molecular weight is 344 g/mol. The molecule has 25 heavy (non-hydrogen) atoms. The number of nitro benzene ring substituents is 1. The molecule has 1 unspecified atom stereocenters. The van der Waals surface area contributed by atoms with Crippen molar-refractivity contribution in [1.29, 1.82) is 0 Å². The number of aliphatic hydroxyl groups is 1. The minimum Gasteiger partial charge on any atom is -0.443 e. The van der Waals surface area contributed by atoms with Crippen LogP contribution in [0.5, 0.6) is 0 Å². The summed E-state index contributed by atoms with van der Waals surface area (Å²) < 4.78 is 5.42. The maximum atomic E-state index is 12.6. The van der Waals surface area contributed by atoms with Crippen LogP contribution < -0.4 is 4.90 Å². The summed E-state index contributed by atoms with van der Waals surface area (Å²) in [5.74, 6) is -0.312. The molecule has 1 amide bonds. The van der Waals surface area contributed by atoms with Crippen LogP contribution in [-0.2, 0) is 4.74 Å². The van der Waals surface area contributed by atoms with Gasteiger partial charge in [-0.1, -0.05) is 18.2 Å². The number of nitrogens with zero attached hydrogens (tertiary/aromatic N) is 2. The van der Waals surface area contributed by atoms with Gasteiger partial charge >= 0.3 is 6.09 Å². The molecule has 132 valence electrons. The van der Waals surface area contributed by atoms with Gasteiger partial charge in [-0.2, -0.15) is 0 Å². The predicted octanol–water partition coefficient (Wildman–Crippen LogP) is 3.58. The summed E-state index contributed by atoms with van der Waals surface area (Å²) in [6.45, 7) is 5.34. The number of nitro groups is 1. The van der Waals surface area contributed by atoms with Gasteiger partial charge in [0.15, 0.2) is 0 Å². The molecule has 2 aromatic rings. The fourth-order valence-electron chi connectivity index (χ4n) is 3.22. The maximum Gasteiger partial charge on any atom is 0.414 e. The molecule has 0 fully saturated rings. The van der Waals surface area contributed by atoms with E-state index in [-0.39, 0.29) is 24.8 Å². The Morgan fingerprint density at radius 2 is 2.00 bits per heavy atom. The Kier molecular flexibility index (Phi) is 4.12. The summed E-state index contributed by atoms with van der Waals surface area (Å²) in [4.78, 5) is 25.0. The van der Waals surface area contributed by atoms with Crippen LogP contribution in [0.2, 0.25) is 0 Å². The number of carbonyl (C=O) groups is 1. The first-order valence-electron chi connectivity index (χ1n) is 8.04. The molecule has 7 nitrogen and oxygen atoms in total. The summed E-state index contributed by atoms with van der Waals surface area (Å²) in [5.41, 5.74) is 0.423. The molecule has 0 spiro atoms. The van der Waals surface area contributed by atoms with E-state index in [1.807, 2.05) is 0 Å². The van der Waals surface area contributed by atoms with E-state index in [0.29, 0.717) is 16.5 Å². The zero-order valence-electron chi connectivity index (χ0n) is 14.4. The van der Waals surface area contributed by atoms with Crippen LogP contribution in [0.4, 0.5) is 16.2 Å². The molecule has 0 aromatic heterocycles. The van der Waals surface area contributed by atoms with Crippen LogP contribution in [0.3, 0.4) is 0 Å². The molecule has 1 aliphatic heterocycles. The lowest BCUT2D eigenvalue weighted by Crippen LogP contribution is -2.36. The summed E-state index contributed by atoms with van der Waals surface area (Å²) >= 11 is 0. The van der Waals surface area contributed by atoms with Gasteiger partial charge in [0.1, 0.15) is 5.60 Å². The summed E-state index contributed by atoms with van der Waals surface area (Å²) in [6, 6.07) is 8.38. The lowest BCUT2D eigenvalue weighted by atomic mass is 9.94. The SMILES string of the molecule is CC(C)(C)OC(=O)N1CC(CO)c2c1cc([N+](=O)[O-])c1ccccc21. The first-order valence-corrected chi connectivity index (χ1v) is 8.04. The molecule has 0 saturated carbocycles. The molecule has 7 heteroatoms. The topological polar surface area (TPSA) is 92.9 Å². The van der Waals surface area contributed by atoms with Crippen LogP contribution >= 0.6 is 0 Å². The van der Waals surface area contributed by atoms with E-state index in [2.05, 4.69) is 0 Å². The predicted molar refractivity (Wildman–Crippen MR) is 94.0 cm³/mol. The van der Waals surface area contributed by atoms with Gasteiger partial charge in [0, 0.05) is 18.5 Å². The van der Waals surface area contributed by atoms with Gasteiger partial charge in [0.25, 0.3) is 5.69 Å². The molecule has 3 rings (SSSR count). The van der Waals surface area contributed by atoms with Crippen LogP contribution in [0.25, 0.3) is 10.8 Å². The van der Waals surface area contributed by atoms with E-state index in [1.165, 1.54) is 11.0 Å². The molecule has 1 atom stereocenters. The first kappa shape index (κ1) is 17.2. The minimum atomic E-state index is -0.683. The number of rotatable bonds is 2. The third-order valence-electron chi connectivity index (χ3n) is 4.18. The average Bonchev–Trinajstić information content (AvgIpc) is 2.91. The molecule has 1 heterocycles. The standard InChI is InChI=1S/C18H20N2O5/c1-18(2,3)25-17(22)19-9-11(10-21)16-13-7-5-4-6-12(13)14(20(23)24)8-15(16)19/h4-8,11,21H,9-10H2,1-3H3. The zero-order valence-corrected chi connectivity index (χ0v) is 14.4. The van der Waals surface area contributed by atoms with Crippen molar-refractivity contribution < 1.29 is 19.6 Å². The van der Waals surface area contributed by atoms with Crippen molar-refractivity contribution in [3.63, 3.8) is 0 Å². The number of hydrogen-bond donors (Lipinski definition) is 1. The van der Waals surface area contributed by atoms with Crippen molar-refractivity contribution in [3.05, 3.63) is 46.0 Å². The molecule has 1 aliphatic rings. The zero-order chi connectivity index (χ0) is 18.4. The highest BCUT2D eigenvalue weighted by Gasteiger charge is 2.37. The molecule has 0 saturated heterocycles. The van der Waals surface area contributed by atoms with Crippen LogP contribution in [0.1, 0.15) is 32.3 Å². The lowest BCUT2D eigenvalue weighted by Gasteiger charge is -2.25. The number of non-ortho nitro benzene ring substituents is 1. The van der Waals surface area contributed by atoms with E-state index in [4.69, 9.17) is 4.74 Å². The Balaban J connectivity index is 2.20. The van der Waals surface area contributed by atoms with Crippen molar-refractivity contribution in [2.75, 3.05) is 18.1 Å². The third-order valence-corrected chi connectivity index (χ3v) is 4.18. The Morgan fingerprint density at radius 3 is 2.56 bits per heavy atom. The summed E-state index contributed by atoms with van der Waals surface area (Å²) in [7, 11) is 0. The third kappa shape index (κ3) is 3.02. The van der Waals surface area contributed by atoms with Gasteiger partial charge in [-0.15, -0.1) is 0 Å². The fraction of sp³-hybridized carbons (Fsp3) is 0.389. The Hall–Kier alpha value is -2.67. The molecule has 0 aliphatic carbocycles. The van der Waals surface area contributed by atoms with E-state index in [9.17, 15) is 20.0 Å². The first-order chi connectivity index (χ1) is 11.7. The van der Waals surface area contributed by atoms with E-state index in [1.54, 1.807) is 45.0 Å². The highest BCUT2D eigenvalue weighted by atomic mass is 16.6. The fourth-order valence-corrected chi connectivity index (χ4v) is 3.22. The van der Waals surface area contributed by atoms with E-state index in [0.717, 1.165) is 5.56 Å². The van der Waals surface area contributed by atoms with Crippen molar-refractivity contribution in [2.45, 2.75) is 32.3 Å². The second-order valence-corrected chi connectivity index (χ2v) is 7.10. The highest BCUT2D eigenvalue weighted by molar-refractivity contribution is 6.03. The molecule has 1 N–H and O–H groups in total. The van der Waals surface area contributed by atoms with Crippen LogP contribution in [-0.4, -0.2) is 34.9 Å². The minimum absolute atomic E-state index is 0.0681. The number of hydrogen-bond acceptors (Lipinski definition) is 5. The Morgan fingerprint density at radius 1 is 1.36 bits per heavy atom. The van der Waals surface area contributed by atoms with Crippen molar-refractivity contribution in [3.8, 4) is 0 Å². The normalized spacial score (nSPS) is 16.8. The lowest BCUT2D eigenvalue weighted by molar-refractivity contribution is -0.383. The van der Waals surface area contributed by atoms with E-state index >= 15 is 0 Å². The summed E-state index contributed by atoms with van der Waals surface area (Å²) in [5, 5.41) is 22.4. The number of amides is 1. The van der Waals surface area contributed by atoms with Gasteiger partial charge in [0.2, 0.25) is 0 Å². The van der Waals surface area contributed by atoms with Crippen molar-refractivity contribution >= 4 is 28.2 Å².